The number of hydrogen-bond acceptors (Lipinski definition) is 5. The molecule has 2 amide bonds. The summed E-state index contributed by atoms with van der Waals surface area (Å²) in [5, 5.41) is 15.4. The van der Waals surface area contributed by atoms with Gasteiger partial charge in [-0.2, -0.15) is 19.1 Å². The third kappa shape index (κ3) is 4.63. The highest BCUT2D eigenvalue weighted by molar-refractivity contribution is 6.24. The van der Waals surface area contributed by atoms with Crippen LogP contribution < -0.4 is 15.0 Å². The fourth-order valence-corrected chi connectivity index (χ4v) is 5.06. The van der Waals surface area contributed by atoms with Crippen LogP contribution >= 0.6 is 0 Å². The molecule has 40 heavy (non-hydrogen) atoms. The maximum Gasteiger partial charge on any atom is 0.298 e. The number of nitriles is 1. The fraction of sp³-hybridized carbons (Fsp3) is 0.172. The summed E-state index contributed by atoms with van der Waals surface area (Å²) in [4.78, 5) is 28.2. The lowest BCUT2D eigenvalue weighted by atomic mass is 9.99. The summed E-state index contributed by atoms with van der Waals surface area (Å²) in [5.74, 6) is -3.93. The first kappa shape index (κ1) is 26.8. The van der Waals surface area contributed by atoms with Gasteiger partial charge in [-0.05, 0) is 37.3 Å². The number of aromatic nitrogens is 2. The molecule has 0 bridgehead atoms. The van der Waals surface area contributed by atoms with Gasteiger partial charge in [0, 0.05) is 27.5 Å². The van der Waals surface area contributed by atoms with Gasteiger partial charge in [0.05, 0.1) is 41.3 Å². The van der Waals surface area contributed by atoms with Crippen molar-refractivity contribution in [2.24, 2.45) is 0 Å². The number of hydrogen-bond donors (Lipinski definition) is 1. The number of amides is 2. The highest BCUT2D eigenvalue weighted by Gasteiger charge is 2.42. The number of fused-ring (bicyclic) bond motifs is 1. The van der Waals surface area contributed by atoms with E-state index in [1.54, 1.807) is 25.1 Å². The maximum absolute atomic E-state index is 15.1. The Kier molecular flexibility index (Phi) is 6.73. The van der Waals surface area contributed by atoms with E-state index in [0.29, 0.717) is 11.4 Å². The molecule has 3 radical (unpaired) electrons. The highest BCUT2D eigenvalue weighted by Crippen LogP contribution is 2.38. The largest absolute Gasteiger partial charge is 0.495 e. The summed E-state index contributed by atoms with van der Waals surface area (Å²) in [5.41, 5.74) is 0.707. The Hall–Kier alpha value is -4.82. The maximum atomic E-state index is 15.1. The normalized spacial score (nSPS) is 16.7. The molecule has 199 valence electrons. The van der Waals surface area contributed by atoms with Crippen molar-refractivity contribution in [2.45, 2.75) is 24.6 Å². The third-order valence-corrected chi connectivity index (χ3v) is 7.03. The zero-order chi connectivity index (χ0) is 28.7. The summed E-state index contributed by atoms with van der Waals surface area (Å²) < 4.78 is 36.8. The Morgan fingerprint density at radius 1 is 1.12 bits per heavy atom. The van der Waals surface area contributed by atoms with Crippen LogP contribution in [0, 0.1) is 11.3 Å². The Labute approximate surface area is 232 Å². The molecule has 3 aromatic carbocycles. The number of methoxy groups -OCH3 is 1. The molecule has 5 rings (SSSR count). The van der Waals surface area contributed by atoms with Crippen molar-refractivity contribution in [1.82, 2.24) is 9.78 Å². The van der Waals surface area contributed by atoms with Crippen molar-refractivity contribution < 1.29 is 23.1 Å². The van der Waals surface area contributed by atoms with Crippen LogP contribution in [0.15, 0.2) is 79.0 Å². The summed E-state index contributed by atoms with van der Waals surface area (Å²) in [7, 11) is 5.08. The third-order valence-electron chi connectivity index (χ3n) is 6.65. The average molecular weight is 555 g/mol. The van der Waals surface area contributed by atoms with E-state index in [1.807, 2.05) is 6.07 Å². The molecular formula is C29H22F2N5O3Si. The lowest BCUT2D eigenvalue weighted by Crippen LogP contribution is -2.57. The van der Waals surface area contributed by atoms with Gasteiger partial charge in [-0.15, -0.1) is 0 Å². The molecule has 0 saturated carbocycles. The van der Waals surface area contributed by atoms with E-state index in [-0.39, 0.29) is 40.2 Å². The molecule has 2 heterocycles. The van der Waals surface area contributed by atoms with Crippen LogP contribution in [-0.4, -0.2) is 44.1 Å². The van der Waals surface area contributed by atoms with Gasteiger partial charge in [0.2, 0.25) is 0 Å². The van der Waals surface area contributed by atoms with Crippen molar-refractivity contribution in [3.05, 3.63) is 107 Å². The number of ether oxygens (including phenoxy) is 1. The smallest absolute Gasteiger partial charge is 0.298 e. The van der Waals surface area contributed by atoms with Crippen molar-refractivity contribution in [1.29, 1.82) is 5.26 Å². The van der Waals surface area contributed by atoms with Crippen LogP contribution in [0.2, 0.25) is 0 Å². The van der Waals surface area contributed by atoms with Gasteiger partial charge in [-0.25, -0.2) is 0 Å². The molecule has 1 aliphatic heterocycles. The number of nitrogens with one attached hydrogen (secondary N) is 1. The Balaban J connectivity index is 1.44. The van der Waals surface area contributed by atoms with Crippen LogP contribution in [0.1, 0.15) is 44.5 Å². The first-order chi connectivity index (χ1) is 19.1. The number of nitrogens with zero attached hydrogens (tertiary/aromatic N) is 4. The predicted molar refractivity (Wildman–Crippen MR) is 145 cm³/mol. The van der Waals surface area contributed by atoms with Crippen LogP contribution in [0.4, 0.5) is 20.2 Å². The first-order valence-corrected chi connectivity index (χ1v) is 12.7. The first-order valence-electron chi connectivity index (χ1n) is 12.2. The summed E-state index contributed by atoms with van der Waals surface area (Å²) in [6.07, 6.45) is 1.37. The average Bonchev–Trinajstić information content (AvgIpc) is 3.34. The molecule has 0 aliphatic carbocycles. The Morgan fingerprint density at radius 2 is 1.80 bits per heavy atom. The van der Waals surface area contributed by atoms with Gasteiger partial charge in [0.15, 0.2) is 0 Å². The predicted octanol–water partition coefficient (Wildman–Crippen LogP) is 4.70. The van der Waals surface area contributed by atoms with Crippen LogP contribution in [0.5, 0.6) is 5.75 Å². The van der Waals surface area contributed by atoms with Gasteiger partial charge in [-0.3, -0.25) is 14.3 Å². The van der Waals surface area contributed by atoms with Gasteiger partial charge in [0.1, 0.15) is 17.5 Å². The number of rotatable bonds is 6. The minimum Gasteiger partial charge on any atom is -0.495 e. The van der Waals surface area contributed by atoms with Gasteiger partial charge < -0.3 is 15.0 Å². The van der Waals surface area contributed by atoms with Gasteiger partial charge in [0.25, 0.3) is 17.7 Å². The van der Waals surface area contributed by atoms with Crippen molar-refractivity contribution in [3.63, 3.8) is 0 Å². The molecule has 1 aromatic heterocycles. The molecule has 0 saturated heterocycles. The summed E-state index contributed by atoms with van der Waals surface area (Å²) in [6, 6.07) is 19.4. The van der Waals surface area contributed by atoms with E-state index < -0.39 is 22.9 Å². The van der Waals surface area contributed by atoms with E-state index in [0.717, 1.165) is 0 Å². The molecule has 0 spiro atoms. The second-order valence-corrected chi connectivity index (χ2v) is 10.5. The molecule has 4 aromatic rings. The van der Waals surface area contributed by atoms with Crippen molar-refractivity contribution >= 4 is 33.4 Å². The fourth-order valence-electron chi connectivity index (χ4n) is 4.68. The van der Waals surface area contributed by atoms with E-state index in [2.05, 4.69) is 20.7 Å². The molecule has 1 N–H and O–H groups in total. The molecule has 1 aliphatic rings. The van der Waals surface area contributed by atoms with Gasteiger partial charge in [-0.1, -0.05) is 42.5 Å². The Bertz CT molecular complexity index is 1650. The molecule has 0 fully saturated rings. The standard InChI is InChI=1S/C29H22F2N5O3Si/c1-28(40)17-35-25(23(16-33-35)34-26(37)18-8-13-24(39-2)19(14-18)15-32)27(38)36(28)22-11-9-21(10-12-22)29(30,31)20-6-4-3-5-7-20/h3-14,16H,17H2,1-2H3,(H,34,37)/t28-/m0/s1. The quantitative estimate of drug-likeness (QED) is 0.348. The zero-order valence-corrected chi connectivity index (χ0v) is 22.5. The zero-order valence-electron chi connectivity index (χ0n) is 21.5. The number of carbonyl (C=O) groups excluding carboxylic acids is 2. The SMILES string of the molecule is COc1ccc(C(=O)Nc2cnn3c2C(=O)N(c2ccc(C(F)(F)c4ccccc4)cc2)[C@@](C)([Si])C3)cc1C#N. The second kappa shape index (κ2) is 10.1. The van der Waals surface area contributed by atoms with E-state index >= 15 is 8.78 Å². The minimum atomic E-state index is -3.22. The summed E-state index contributed by atoms with van der Waals surface area (Å²) >= 11 is 0. The molecule has 8 nitrogen and oxygen atoms in total. The highest BCUT2D eigenvalue weighted by atomic mass is 28.1. The topological polar surface area (TPSA) is 100 Å². The minimum absolute atomic E-state index is 0.122. The summed E-state index contributed by atoms with van der Waals surface area (Å²) in [6.45, 7) is 1.97. The Morgan fingerprint density at radius 3 is 2.45 bits per heavy atom. The number of halogens is 2. The number of benzene rings is 3. The van der Waals surface area contributed by atoms with Gasteiger partial charge >= 0.3 is 0 Å². The second-order valence-electron chi connectivity index (χ2n) is 9.45. The van der Waals surface area contributed by atoms with E-state index in [9.17, 15) is 14.9 Å². The molecule has 1 atom stereocenters. The van der Waals surface area contributed by atoms with E-state index in [1.165, 1.54) is 77.5 Å². The lowest BCUT2D eigenvalue weighted by molar-refractivity contribution is 0.0428. The van der Waals surface area contributed by atoms with Crippen LogP contribution in [-0.2, 0) is 12.5 Å². The van der Waals surface area contributed by atoms with Crippen molar-refractivity contribution in [3.8, 4) is 11.8 Å². The number of carbonyl (C=O) groups is 2. The molecule has 0 unspecified atom stereocenters. The van der Waals surface area contributed by atoms with Crippen LogP contribution in [0.3, 0.4) is 0 Å². The molecular weight excluding hydrogens is 532 g/mol. The monoisotopic (exact) mass is 554 g/mol. The van der Waals surface area contributed by atoms with Crippen LogP contribution in [0.25, 0.3) is 0 Å². The lowest BCUT2D eigenvalue weighted by Gasteiger charge is -2.42. The number of anilines is 2. The number of alkyl halides is 2. The molecule has 11 heteroatoms. The van der Waals surface area contributed by atoms with E-state index in [4.69, 9.17) is 4.74 Å². The van der Waals surface area contributed by atoms with Crippen molar-refractivity contribution in [2.75, 3.05) is 17.3 Å².